The Morgan fingerprint density at radius 3 is 2.73 bits per heavy atom. The number of fused-ring (bicyclic) bond motifs is 1. The first-order chi connectivity index (χ1) is 12.6. The zero-order valence-electron chi connectivity index (χ0n) is 14.0. The van der Waals surface area contributed by atoms with E-state index in [1.165, 1.54) is 0 Å². The van der Waals surface area contributed by atoms with Gasteiger partial charge in [0, 0.05) is 28.0 Å². The van der Waals surface area contributed by atoms with Gasteiger partial charge in [0.15, 0.2) is 0 Å². The summed E-state index contributed by atoms with van der Waals surface area (Å²) in [6, 6.07) is 14.7. The quantitative estimate of drug-likeness (QED) is 0.662. The standard InChI is InChI=1S/C20H18ClN3O2/c21-13-8-9-15-14(11-13)17(12-5-2-1-3-6-12)18(23-15)20(26)24-16-7-4-10-22-19(16)25/h1-3,5-6,8-9,11,16,23H,4,7,10H2,(H,22,25)(H,24,26). The Morgan fingerprint density at radius 2 is 1.96 bits per heavy atom. The number of carbonyl (C=O) groups excluding carboxylic acids is 2. The van der Waals surface area contributed by atoms with Gasteiger partial charge in [-0.2, -0.15) is 0 Å². The van der Waals surface area contributed by atoms with E-state index in [0.717, 1.165) is 28.5 Å². The predicted molar refractivity (Wildman–Crippen MR) is 102 cm³/mol. The Balaban J connectivity index is 1.79. The number of aromatic amines is 1. The lowest BCUT2D eigenvalue weighted by Crippen LogP contribution is -2.50. The molecule has 0 bridgehead atoms. The van der Waals surface area contributed by atoms with Crippen molar-refractivity contribution in [1.29, 1.82) is 0 Å². The average molecular weight is 368 g/mol. The molecular formula is C20H18ClN3O2. The summed E-state index contributed by atoms with van der Waals surface area (Å²) < 4.78 is 0. The summed E-state index contributed by atoms with van der Waals surface area (Å²) in [7, 11) is 0. The number of H-pyrrole nitrogens is 1. The summed E-state index contributed by atoms with van der Waals surface area (Å²) in [6.45, 7) is 0.658. The smallest absolute Gasteiger partial charge is 0.269 e. The molecule has 6 heteroatoms. The maximum Gasteiger partial charge on any atom is 0.269 e. The Morgan fingerprint density at radius 1 is 1.15 bits per heavy atom. The van der Waals surface area contributed by atoms with Gasteiger partial charge in [0.1, 0.15) is 11.7 Å². The van der Waals surface area contributed by atoms with Crippen molar-refractivity contribution in [2.75, 3.05) is 6.54 Å². The lowest BCUT2D eigenvalue weighted by Gasteiger charge is -2.22. The number of carbonyl (C=O) groups is 2. The summed E-state index contributed by atoms with van der Waals surface area (Å²) in [6.07, 6.45) is 1.49. The highest BCUT2D eigenvalue weighted by atomic mass is 35.5. The Bertz CT molecular complexity index is 981. The van der Waals surface area contributed by atoms with Crippen LogP contribution in [0.1, 0.15) is 23.3 Å². The van der Waals surface area contributed by atoms with E-state index in [-0.39, 0.29) is 11.8 Å². The lowest BCUT2D eigenvalue weighted by molar-refractivity contribution is -0.124. The SMILES string of the molecule is O=C(NC1CCCNC1=O)c1[nH]c2ccc(Cl)cc2c1-c1ccccc1. The van der Waals surface area contributed by atoms with Crippen molar-refractivity contribution in [1.82, 2.24) is 15.6 Å². The summed E-state index contributed by atoms with van der Waals surface area (Å²) >= 11 is 6.17. The number of halogens is 1. The molecule has 1 aromatic heterocycles. The third kappa shape index (κ3) is 3.06. The summed E-state index contributed by atoms with van der Waals surface area (Å²) in [5.74, 6) is -0.428. The summed E-state index contributed by atoms with van der Waals surface area (Å²) in [4.78, 5) is 28.1. The molecule has 1 aliphatic heterocycles. The summed E-state index contributed by atoms with van der Waals surface area (Å²) in [5, 5.41) is 7.12. The molecule has 1 aliphatic rings. The molecule has 2 amide bonds. The highest BCUT2D eigenvalue weighted by Gasteiger charge is 2.26. The van der Waals surface area contributed by atoms with Crippen molar-refractivity contribution in [2.24, 2.45) is 0 Å². The number of hydrogen-bond donors (Lipinski definition) is 3. The van der Waals surface area contributed by atoms with Gasteiger partial charge in [0.25, 0.3) is 5.91 Å². The number of rotatable bonds is 3. The largest absolute Gasteiger partial charge is 0.354 e. The van der Waals surface area contributed by atoms with Gasteiger partial charge < -0.3 is 15.6 Å². The van der Waals surface area contributed by atoms with Gasteiger partial charge in [-0.15, -0.1) is 0 Å². The molecule has 3 N–H and O–H groups in total. The molecule has 26 heavy (non-hydrogen) atoms. The highest BCUT2D eigenvalue weighted by molar-refractivity contribution is 6.31. The van der Waals surface area contributed by atoms with Crippen LogP contribution in [0.2, 0.25) is 5.02 Å². The third-order valence-corrected chi connectivity index (χ3v) is 4.88. The number of piperidine rings is 1. The number of hydrogen-bond acceptors (Lipinski definition) is 2. The molecule has 132 valence electrons. The molecule has 1 atom stereocenters. The van der Waals surface area contributed by atoms with E-state index in [1.54, 1.807) is 6.07 Å². The predicted octanol–water partition coefficient (Wildman–Crippen LogP) is 3.50. The molecule has 0 spiro atoms. The van der Waals surface area contributed by atoms with Crippen LogP contribution in [0.5, 0.6) is 0 Å². The first-order valence-corrected chi connectivity index (χ1v) is 8.96. The van der Waals surface area contributed by atoms with Crippen LogP contribution >= 0.6 is 11.6 Å². The van der Waals surface area contributed by atoms with Crippen LogP contribution in [0.4, 0.5) is 0 Å². The van der Waals surface area contributed by atoms with Gasteiger partial charge >= 0.3 is 0 Å². The molecule has 2 aromatic carbocycles. The molecular weight excluding hydrogens is 350 g/mol. The van der Waals surface area contributed by atoms with E-state index >= 15 is 0 Å². The second-order valence-electron chi connectivity index (χ2n) is 6.39. The molecule has 0 radical (unpaired) electrons. The number of aromatic nitrogens is 1. The molecule has 2 heterocycles. The van der Waals surface area contributed by atoms with E-state index in [9.17, 15) is 9.59 Å². The van der Waals surface area contributed by atoms with Crippen molar-refractivity contribution in [3.8, 4) is 11.1 Å². The van der Waals surface area contributed by atoms with Crippen LogP contribution in [-0.2, 0) is 4.79 Å². The molecule has 4 rings (SSSR count). The Hall–Kier alpha value is -2.79. The van der Waals surface area contributed by atoms with E-state index in [4.69, 9.17) is 11.6 Å². The molecule has 1 unspecified atom stereocenters. The minimum absolute atomic E-state index is 0.134. The maximum absolute atomic E-state index is 13.0. The van der Waals surface area contributed by atoms with Crippen LogP contribution < -0.4 is 10.6 Å². The van der Waals surface area contributed by atoms with Gasteiger partial charge in [-0.05, 0) is 36.6 Å². The van der Waals surface area contributed by atoms with E-state index in [0.29, 0.717) is 23.7 Å². The van der Waals surface area contributed by atoms with E-state index in [1.807, 2.05) is 42.5 Å². The van der Waals surface area contributed by atoms with Crippen LogP contribution in [-0.4, -0.2) is 29.4 Å². The fourth-order valence-corrected chi connectivity index (χ4v) is 3.55. The average Bonchev–Trinajstić information content (AvgIpc) is 3.03. The molecule has 3 aromatic rings. The third-order valence-electron chi connectivity index (χ3n) is 4.64. The van der Waals surface area contributed by atoms with E-state index in [2.05, 4.69) is 15.6 Å². The lowest BCUT2D eigenvalue weighted by atomic mass is 10.0. The topological polar surface area (TPSA) is 74.0 Å². The van der Waals surface area contributed by atoms with Gasteiger partial charge in [0.2, 0.25) is 5.91 Å². The van der Waals surface area contributed by atoms with Crippen molar-refractivity contribution in [3.05, 3.63) is 59.2 Å². The monoisotopic (exact) mass is 367 g/mol. The van der Waals surface area contributed by atoms with Crippen molar-refractivity contribution >= 4 is 34.3 Å². The fourth-order valence-electron chi connectivity index (χ4n) is 3.38. The van der Waals surface area contributed by atoms with Crippen molar-refractivity contribution < 1.29 is 9.59 Å². The molecule has 1 fully saturated rings. The zero-order chi connectivity index (χ0) is 18.1. The molecule has 1 saturated heterocycles. The molecule has 0 saturated carbocycles. The summed E-state index contributed by atoms with van der Waals surface area (Å²) in [5.41, 5.74) is 2.97. The first kappa shape index (κ1) is 16.7. The Labute approximate surface area is 155 Å². The zero-order valence-corrected chi connectivity index (χ0v) is 14.8. The van der Waals surface area contributed by atoms with Crippen molar-refractivity contribution in [2.45, 2.75) is 18.9 Å². The number of nitrogens with one attached hydrogen (secondary N) is 3. The number of benzene rings is 2. The van der Waals surface area contributed by atoms with Crippen LogP contribution in [0.15, 0.2) is 48.5 Å². The second kappa shape index (κ2) is 6.84. The van der Waals surface area contributed by atoms with Gasteiger partial charge in [-0.1, -0.05) is 41.9 Å². The van der Waals surface area contributed by atoms with E-state index < -0.39 is 6.04 Å². The van der Waals surface area contributed by atoms with Gasteiger partial charge in [-0.3, -0.25) is 9.59 Å². The fraction of sp³-hybridized carbons (Fsp3) is 0.200. The van der Waals surface area contributed by atoms with Crippen LogP contribution in [0, 0.1) is 0 Å². The van der Waals surface area contributed by atoms with Crippen LogP contribution in [0.25, 0.3) is 22.0 Å². The first-order valence-electron chi connectivity index (χ1n) is 8.59. The van der Waals surface area contributed by atoms with Gasteiger partial charge in [-0.25, -0.2) is 0 Å². The van der Waals surface area contributed by atoms with Crippen molar-refractivity contribution in [3.63, 3.8) is 0 Å². The highest BCUT2D eigenvalue weighted by Crippen LogP contribution is 2.34. The minimum atomic E-state index is -0.505. The minimum Gasteiger partial charge on any atom is -0.354 e. The number of amides is 2. The maximum atomic E-state index is 13.0. The Kier molecular flexibility index (Phi) is 4.39. The molecule has 0 aliphatic carbocycles. The molecule has 5 nitrogen and oxygen atoms in total. The second-order valence-corrected chi connectivity index (χ2v) is 6.83. The normalized spacial score (nSPS) is 17.1. The van der Waals surface area contributed by atoms with Crippen LogP contribution in [0.3, 0.4) is 0 Å². The van der Waals surface area contributed by atoms with Gasteiger partial charge in [0.05, 0.1) is 0 Å².